The third-order valence-corrected chi connectivity index (χ3v) is 9.69. The number of hydrogen-bond acceptors (Lipinski definition) is 10. The van der Waals surface area contributed by atoms with Crippen molar-refractivity contribution in [2.24, 2.45) is 0 Å². The Morgan fingerprint density at radius 3 is 1.69 bits per heavy atom. The summed E-state index contributed by atoms with van der Waals surface area (Å²) in [5.74, 6) is -0.929. The Morgan fingerprint density at radius 2 is 1.07 bits per heavy atom. The number of esters is 2. The van der Waals surface area contributed by atoms with E-state index in [2.05, 4.69) is 36.6 Å². The van der Waals surface area contributed by atoms with Gasteiger partial charge in [-0.3, -0.25) is 23.4 Å². The van der Waals surface area contributed by atoms with Crippen molar-refractivity contribution in [1.29, 1.82) is 0 Å². The van der Waals surface area contributed by atoms with Crippen molar-refractivity contribution in [2.75, 3.05) is 26.4 Å². The number of ether oxygens (including phenoxy) is 2. The van der Waals surface area contributed by atoms with Crippen LogP contribution in [0.2, 0.25) is 0 Å². The van der Waals surface area contributed by atoms with Crippen LogP contribution < -0.4 is 0 Å². The van der Waals surface area contributed by atoms with Crippen molar-refractivity contribution in [3.8, 4) is 0 Å². The van der Waals surface area contributed by atoms with Crippen LogP contribution in [0.15, 0.2) is 36.5 Å². The van der Waals surface area contributed by atoms with Crippen molar-refractivity contribution >= 4 is 25.5 Å². The van der Waals surface area contributed by atoms with Gasteiger partial charge in [0.15, 0.2) is 11.9 Å². The largest absolute Gasteiger partial charge is 0.472 e. The fourth-order valence-corrected chi connectivity index (χ4v) is 6.23. The van der Waals surface area contributed by atoms with Gasteiger partial charge in [-0.2, -0.15) is 0 Å². The van der Waals surface area contributed by atoms with Crippen molar-refractivity contribution in [1.82, 2.24) is 0 Å². The Labute approximate surface area is 327 Å². The van der Waals surface area contributed by atoms with E-state index in [9.17, 15) is 28.9 Å². The average Bonchev–Trinajstić information content (AvgIpc) is 3.15. The van der Waals surface area contributed by atoms with Crippen molar-refractivity contribution in [3.63, 3.8) is 0 Å². The molecule has 1 unspecified atom stereocenters. The standard InChI is InChI=1S/C42H75O11P/c1-3-5-7-9-11-12-13-14-15-16-17-18-20-24-28-32-41(46)50-36-40(37-52-54(48,49)51-35-39(45)34-43)53-42(47)33-29-25-21-23-27-31-38(44)30-26-22-19-10-8-6-4-2/h14-15,19,22,26,30,39-40,43,45H,3-13,16-18,20-21,23-25,27-29,31-37H2,1-2H3,(H,48,49)/b15-14-,22-19-,30-26+/t39-,40+/m0/s1. The van der Waals surface area contributed by atoms with Gasteiger partial charge in [-0.15, -0.1) is 0 Å². The smallest absolute Gasteiger partial charge is 0.462 e. The number of unbranched alkanes of at least 4 members (excludes halogenated alkanes) is 18. The molecule has 0 aromatic heterocycles. The molecule has 12 heteroatoms. The zero-order valence-electron chi connectivity index (χ0n) is 33.7. The molecular formula is C42H75O11P. The minimum atomic E-state index is -4.65. The second-order valence-corrected chi connectivity index (χ2v) is 15.5. The number of phosphoric ester groups is 1. The molecule has 0 fully saturated rings. The molecule has 0 rings (SSSR count). The first-order valence-electron chi connectivity index (χ1n) is 20.9. The number of allylic oxidation sites excluding steroid dienone is 6. The number of hydrogen-bond donors (Lipinski definition) is 3. The van der Waals surface area contributed by atoms with Gasteiger partial charge in [-0.1, -0.05) is 128 Å². The third kappa shape index (κ3) is 36.8. The normalized spacial score (nSPS) is 14.2. The summed E-state index contributed by atoms with van der Waals surface area (Å²) in [6, 6.07) is 0. The monoisotopic (exact) mass is 787 g/mol. The van der Waals surface area contributed by atoms with Gasteiger partial charge in [0.2, 0.25) is 0 Å². The molecule has 314 valence electrons. The SMILES string of the molecule is CCCCC/C=C\C=C\C(=O)CCCCCCCC(=O)O[C@H](COC(=O)CCCCCCC/C=C\CCCCCCCC)COP(=O)(O)OC[C@@H](O)CO. The molecule has 0 aromatic carbocycles. The molecule has 11 nitrogen and oxygen atoms in total. The molecule has 0 saturated heterocycles. The first-order chi connectivity index (χ1) is 26.1. The van der Waals surface area contributed by atoms with Crippen LogP contribution in [0, 0.1) is 0 Å². The van der Waals surface area contributed by atoms with Gasteiger partial charge in [-0.05, 0) is 63.9 Å². The van der Waals surface area contributed by atoms with E-state index in [1.165, 1.54) is 51.4 Å². The molecule has 3 atom stereocenters. The van der Waals surface area contributed by atoms with Crippen LogP contribution in [-0.2, 0) is 37.5 Å². The molecule has 0 aliphatic heterocycles. The molecule has 3 N–H and O–H groups in total. The number of phosphoric acid groups is 1. The van der Waals surface area contributed by atoms with Gasteiger partial charge in [0, 0.05) is 19.3 Å². The van der Waals surface area contributed by atoms with Gasteiger partial charge >= 0.3 is 19.8 Å². The summed E-state index contributed by atoms with van der Waals surface area (Å²) < 4.78 is 32.6. The van der Waals surface area contributed by atoms with Crippen molar-refractivity contribution < 1.29 is 52.6 Å². The van der Waals surface area contributed by atoms with Crippen LogP contribution in [-0.4, -0.2) is 71.5 Å². The Hall–Kier alpha value is -2.14. The number of carbonyl (C=O) groups is 3. The first kappa shape index (κ1) is 51.9. The number of aliphatic hydroxyl groups is 2. The number of rotatable bonds is 39. The van der Waals surface area contributed by atoms with E-state index in [1.54, 1.807) is 12.2 Å². The average molecular weight is 787 g/mol. The third-order valence-electron chi connectivity index (χ3n) is 8.74. The van der Waals surface area contributed by atoms with Gasteiger partial charge in [-0.25, -0.2) is 4.57 Å². The lowest BCUT2D eigenvalue weighted by atomic mass is 10.1. The zero-order valence-corrected chi connectivity index (χ0v) is 34.6. The summed E-state index contributed by atoms with van der Waals surface area (Å²) in [4.78, 5) is 46.9. The molecular weight excluding hydrogens is 711 g/mol. The Morgan fingerprint density at radius 1 is 0.593 bits per heavy atom. The second kappa shape index (κ2) is 37.8. The summed E-state index contributed by atoms with van der Waals surface area (Å²) >= 11 is 0. The minimum Gasteiger partial charge on any atom is -0.462 e. The van der Waals surface area contributed by atoms with Crippen LogP contribution >= 0.6 is 7.82 Å². The molecule has 0 saturated carbocycles. The van der Waals surface area contributed by atoms with Gasteiger partial charge in [0.25, 0.3) is 0 Å². The molecule has 0 aromatic rings. The highest BCUT2D eigenvalue weighted by Gasteiger charge is 2.27. The van der Waals surface area contributed by atoms with E-state index in [4.69, 9.17) is 19.1 Å². The van der Waals surface area contributed by atoms with Gasteiger partial charge < -0.3 is 24.6 Å². The topological polar surface area (TPSA) is 166 Å². The lowest BCUT2D eigenvalue weighted by Gasteiger charge is -2.20. The van der Waals surface area contributed by atoms with E-state index in [-0.39, 0.29) is 25.2 Å². The summed E-state index contributed by atoms with van der Waals surface area (Å²) in [5.41, 5.74) is 0. The highest BCUT2D eigenvalue weighted by Crippen LogP contribution is 2.43. The van der Waals surface area contributed by atoms with Crippen molar-refractivity contribution in [2.45, 2.75) is 187 Å². The maximum absolute atomic E-state index is 12.6. The highest BCUT2D eigenvalue weighted by molar-refractivity contribution is 7.47. The van der Waals surface area contributed by atoms with Crippen LogP contribution in [0.25, 0.3) is 0 Å². The maximum atomic E-state index is 12.6. The minimum absolute atomic E-state index is 0.0980. The predicted molar refractivity (Wildman–Crippen MR) is 215 cm³/mol. The Bertz CT molecular complexity index is 1060. The van der Waals surface area contributed by atoms with Crippen LogP contribution in [0.4, 0.5) is 0 Å². The Kier molecular flexibility index (Phi) is 36.3. The van der Waals surface area contributed by atoms with Crippen molar-refractivity contribution in [3.05, 3.63) is 36.5 Å². The summed E-state index contributed by atoms with van der Waals surface area (Å²) in [5, 5.41) is 18.3. The van der Waals surface area contributed by atoms with Crippen LogP contribution in [0.5, 0.6) is 0 Å². The second-order valence-electron chi connectivity index (χ2n) is 14.0. The van der Waals surface area contributed by atoms with E-state index in [0.29, 0.717) is 19.3 Å². The lowest BCUT2D eigenvalue weighted by Crippen LogP contribution is -2.29. The predicted octanol–water partition coefficient (Wildman–Crippen LogP) is 9.96. The maximum Gasteiger partial charge on any atom is 0.472 e. The van der Waals surface area contributed by atoms with E-state index in [0.717, 1.165) is 77.0 Å². The number of ketones is 1. The zero-order chi connectivity index (χ0) is 40.0. The molecule has 0 spiro atoms. The first-order valence-corrected chi connectivity index (χ1v) is 22.4. The van der Waals surface area contributed by atoms with Gasteiger partial charge in [0.05, 0.1) is 19.8 Å². The molecule has 0 aliphatic rings. The molecule has 0 heterocycles. The molecule has 0 amide bonds. The van der Waals surface area contributed by atoms with Gasteiger partial charge in [0.1, 0.15) is 12.7 Å². The van der Waals surface area contributed by atoms with Crippen LogP contribution in [0.1, 0.15) is 174 Å². The highest BCUT2D eigenvalue weighted by atomic mass is 31.2. The van der Waals surface area contributed by atoms with E-state index < -0.39 is 51.8 Å². The quantitative estimate of drug-likeness (QED) is 0.0136. The number of carbonyl (C=O) groups excluding carboxylic acids is 3. The fourth-order valence-electron chi connectivity index (χ4n) is 5.44. The molecule has 0 bridgehead atoms. The Balaban J connectivity index is 4.42. The van der Waals surface area contributed by atoms with E-state index >= 15 is 0 Å². The van der Waals surface area contributed by atoms with E-state index in [1.807, 2.05) is 6.08 Å². The summed E-state index contributed by atoms with van der Waals surface area (Å²) in [6.07, 6.45) is 33.6. The molecule has 0 aliphatic carbocycles. The van der Waals surface area contributed by atoms with Crippen LogP contribution in [0.3, 0.4) is 0 Å². The lowest BCUT2D eigenvalue weighted by molar-refractivity contribution is -0.161. The number of aliphatic hydroxyl groups excluding tert-OH is 2. The summed E-state index contributed by atoms with van der Waals surface area (Å²) in [7, 11) is -4.65. The summed E-state index contributed by atoms with van der Waals surface area (Å²) in [6.45, 7) is 2.17. The molecule has 0 radical (unpaired) electrons. The fraction of sp³-hybridized carbons (Fsp3) is 0.786. The molecule has 54 heavy (non-hydrogen) atoms.